The molecule has 15 heavy (non-hydrogen) atoms. The zero-order valence-electron chi connectivity index (χ0n) is 8.66. The van der Waals surface area contributed by atoms with E-state index in [1.807, 2.05) is 13.8 Å². The SMILES string of the molecule is Cc1nn(CC(C)C)c(S(=O)(=O)F)c1Cl. The van der Waals surface area contributed by atoms with Crippen molar-refractivity contribution >= 4 is 21.8 Å². The summed E-state index contributed by atoms with van der Waals surface area (Å²) < 4.78 is 35.7. The Bertz CT molecular complexity index is 467. The molecule has 0 atom stereocenters. The molecule has 1 heterocycles. The third-order valence-corrected chi connectivity index (χ3v) is 3.22. The average molecular weight is 255 g/mol. The summed E-state index contributed by atoms with van der Waals surface area (Å²) in [6.07, 6.45) is 0. The van der Waals surface area contributed by atoms with Crippen molar-refractivity contribution in [2.45, 2.75) is 32.3 Å². The summed E-state index contributed by atoms with van der Waals surface area (Å²) in [6.45, 7) is 5.60. The highest BCUT2D eigenvalue weighted by Crippen LogP contribution is 2.26. The maximum Gasteiger partial charge on any atom is 0.350 e. The second-order valence-electron chi connectivity index (χ2n) is 3.72. The van der Waals surface area contributed by atoms with Gasteiger partial charge in [0.05, 0.1) is 5.69 Å². The van der Waals surface area contributed by atoms with Gasteiger partial charge in [-0.25, -0.2) is 0 Å². The number of aromatic nitrogens is 2. The van der Waals surface area contributed by atoms with Crippen LogP contribution < -0.4 is 0 Å². The molecule has 1 aromatic rings. The molecule has 0 amide bonds. The van der Waals surface area contributed by atoms with Crippen LogP contribution in [0.4, 0.5) is 3.89 Å². The Morgan fingerprint density at radius 1 is 1.53 bits per heavy atom. The number of hydrogen-bond acceptors (Lipinski definition) is 3. The van der Waals surface area contributed by atoms with Crippen LogP contribution >= 0.6 is 11.6 Å². The summed E-state index contributed by atoms with van der Waals surface area (Å²) in [4.78, 5) is 0. The van der Waals surface area contributed by atoms with Gasteiger partial charge in [0, 0.05) is 6.54 Å². The van der Waals surface area contributed by atoms with E-state index in [0.29, 0.717) is 12.2 Å². The van der Waals surface area contributed by atoms with Gasteiger partial charge in [-0.1, -0.05) is 29.3 Å². The topological polar surface area (TPSA) is 52.0 Å². The highest BCUT2D eigenvalue weighted by Gasteiger charge is 2.25. The van der Waals surface area contributed by atoms with E-state index in [9.17, 15) is 12.3 Å². The van der Waals surface area contributed by atoms with Crippen molar-refractivity contribution in [2.75, 3.05) is 0 Å². The highest BCUT2D eigenvalue weighted by atomic mass is 35.5. The predicted octanol–water partition coefficient (Wildman–Crippen LogP) is 2.16. The van der Waals surface area contributed by atoms with Crippen LogP contribution in [0.25, 0.3) is 0 Å². The standard InChI is InChI=1S/C8H12ClFN2O2S/c1-5(2)4-12-8(15(10,13)14)7(9)6(3)11-12/h5H,4H2,1-3H3. The van der Waals surface area contributed by atoms with Gasteiger partial charge >= 0.3 is 10.2 Å². The van der Waals surface area contributed by atoms with Crippen LogP contribution in [0.2, 0.25) is 5.02 Å². The van der Waals surface area contributed by atoms with Crippen LogP contribution in [-0.2, 0) is 16.8 Å². The van der Waals surface area contributed by atoms with Crippen LogP contribution in [0, 0.1) is 12.8 Å². The van der Waals surface area contributed by atoms with Crippen molar-refractivity contribution < 1.29 is 12.3 Å². The summed E-state index contributed by atoms with van der Waals surface area (Å²) >= 11 is 5.68. The first kappa shape index (κ1) is 12.4. The van der Waals surface area contributed by atoms with Crippen molar-refractivity contribution in [1.82, 2.24) is 9.78 Å². The summed E-state index contributed by atoms with van der Waals surface area (Å²) in [7, 11) is -4.82. The zero-order valence-corrected chi connectivity index (χ0v) is 10.2. The Kier molecular flexibility index (Phi) is 3.40. The molecular formula is C8H12ClFN2O2S. The average Bonchev–Trinajstić information content (AvgIpc) is 2.24. The van der Waals surface area contributed by atoms with Crippen molar-refractivity contribution in [3.63, 3.8) is 0 Å². The van der Waals surface area contributed by atoms with E-state index in [-0.39, 0.29) is 10.9 Å². The molecule has 0 aliphatic heterocycles. The fourth-order valence-corrected chi connectivity index (χ4v) is 2.38. The molecule has 0 saturated carbocycles. The predicted molar refractivity (Wildman–Crippen MR) is 55.1 cm³/mol. The van der Waals surface area contributed by atoms with Crippen molar-refractivity contribution in [2.24, 2.45) is 5.92 Å². The number of halogens is 2. The molecule has 0 radical (unpaired) electrons. The molecule has 1 rings (SSSR count). The summed E-state index contributed by atoms with van der Waals surface area (Å²) in [5.74, 6) is 0.154. The first-order chi connectivity index (χ1) is 6.73. The molecule has 0 fully saturated rings. The molecule has 0 bridgehead atoms. The lowest BCUT2D eigenvalue weighted by Crippen LogP contribution is -2.11. The third kappa shape index (κ3) is 2.69. The number of rotatable bonds is 3. The van der Waals surface area contributed by atoms with Gasteiger partial charge in [-0.2, -0.15) is 13.5 Å². The Morgan fingerprint density at radius 2 is 2.07 bits per heavy atom. The van der Waals surface area contributed by atoms with E-state index >= 15 is 0 Å². The first-order valence-electron chi connectivity index (χ1n) is 4.41. The van der Waals surface area contributed by atoms with Gasteiger partial charge < -0.3 is 0 Å². The molecule has 0 N–H and O–H groups in total. The van der Waals surface area contributed by atoms with E-state index in [4.69, 9.17) is 11.6 Å². The molecule has 0 unspecified atom stereocenters. The molecule has 0 aliphatic rings. The van der Waals surface area contributed by atoms with E-state index in [1.54, 1.807) is 0 Å². The molecule has 86 valence electrons. The largest absolute Gasteiger partial charge is 0.350 e. The summed E-state index contributed by atoms with van der Waals surface area (Å²) in [5, 5.41) is 3.20. The van der Waals surface area contributed by atoms with Gasteiger partial charge in [0.25, 0.3) is 0 Å². The second kappa shape index (κ2) is 4.09. The lowest BCUT2D eigenvalue weighted by molar-refractivity contribution is 0.441. The van der Waals surface area contributed by atoms with Crippen LogP contribution in [-0.4, -0.2) is 18.2 Å². The molecular weight excluding hydrogens is 243 g/mol. The molecule has 1 aromatic heterocycles. The number of hydrogen-bond donors (Lipinski definition) is 0. The molecule has 0 aromatic carbocycles. The molecule has 7 heteroatoms. The van der Waals surface area contributed by atoms with Gasteiger partial charge in [0.1, 0.15) is 5.02 Å². The number of aryl methyl sites for hydroxylation is 1. The molecule has 0 spiro atoms. The Morgan fingerprint density at radius 3 is 2.47 bits per heavy atom. The minimum atomic E-state index is -4.82. The monoisotopic (exact) mass is 254 g/mol. The third-order valence-electron chi connectivity index (χ3n) is 1.78. The van der Waals surface area contributed by atoms with Crippen LogP contribution in [0.3, 0.4) is 0 Å². The van der Waals surface area contributed by atoms with Gasteiger partial charge in [-0.15, -0.1) is 0 Å². The van der Waals surface area contributed by atoms with Crippen molar-refractivity contribution in [3.8, 4) is 0 Å². The maximum absolute atomic E-state index is 12.9. The molecule has 4 nitrogen and oxygen atoms in total. The minimum absolute atomic E-state index is 0.141. The van der Waals surface area contributed by atoms with Gasteiger partial charge in [-0.05, 0) is 12.8 Å². The molecule has 0 aliphatic carbocycles. The van der Waals surface area contributed by atoms with E-state index in [1.165, 1.54) is 6.92 Å². The second-order valence-corrected chi connectivity index (χ2v) is 5.36. The summed E-state index contributed by atoms with van der Waals surface area (Å²) in [5.41, 5.74) is 0.313. The fourth-order valence-electron chi connectivity index (χ4n) is 1.24. The van der Waals surface area contributed by atoms with Crippen LogP contribution in [0.15, 0.2) is 5.03 Å². The van der Waals surface area contributed by atoms with E-state index < -0.39 is 15.2 Å². The van der Waals surface area contributed by atoms with Crippen molar-refractivity contribution in [3.05, 3.63) is 10.7 Å². The summed E-state index contributed by atoms with van der Waals surface area (Å²) in [6, 6.07) is 0. The Hall–Kier alpha value is -0.620. The Labute approximate surface area is 93.3 Å². The highest BCUT2D eigenvalue weighted by molar-refractivity contribution is 7.86. The first-order valence-corrected chi connectivity index (χ1v) is 6.17. The van der Waals surface area contributed by atoms with Crippen LogP contribution in [0.5, 0.6) is 0 Å². The van der Waals surface area contributed by atoms with Crippen LogP contribution in [0.1, 0.15) is 19.5 Å². The van der Waals surface area contributed by atoms with Gasteiger partial charge in [-0.3, -0.25) is 4.68 Å². The van der Waals surface area contributed by atoms with E-state index in [2.05, 4.69) is 5.10 Å². The lowest BCUT2D eigenvalue weighted by atomic mass is 10.2. The van der Waals surface area contributed by atoms with Gasteiger partial charge in [0.15, 0.2) is 0 Å². The van der Waals surface area contributed by atoms with Gasteiger partial charge in [0.2, 0.25) is 5.03 Å². The molecule has 0 saturated heterocycles. The minimum Gasteiger partial charge on any atom is -0.250 e. The fraction of sp³-hybridized carbons (Fsp3) is 0.625. The number of nitrogens with zero attached hydrogens (tertiary/aromatic N) is 2. The van der Waals surface area contributed by atoms with E-state index in [0.717, 1.165) is 4.68 Å². The Balaban J connectivity index is 3.34. The van der Waals surface area contributed by atoms with Crippen molar-refractivity contribution in [1.29, 1.82) is 0 Å². The smallest absolute Gasteiger partial charge is 0.250 e. The zero-order chi connectivity index (χ0) is 11.8. The lowest BCUT2D eigenvalue weighted by Gasteiger charge is -2.06. The maximum atomic E-state index is 12.9. The normalized spacial score (nSPS) is 12.4. The quantitative estimate of drug-likeness (QED) is 0.777.